The fourth-order valence-electron chi connectivity index (χ4n) is 4.41. The minimum Gasteiger partial charge on any atom is -0.372 e. The highest BCUT2D eigenvalue weighted by Gasteiger charge is 2.20. The highest BCUT2D eigenvalue weighted by Crippen LogP contribution is 2.27. The number of hydrogen-bond acceptors (Lipinski definition) is 2. The Balaban J connectivity index is 1.37. The van der Waals surface area contributed by atoms with Crippen LogP contribution in [0.1, 0.15) is 43.7 Å². The summed E-state index contributed by atoms with van der Waals surface area (Å²) in [4.78, 5) is 5.07. The second-order valence-electron chi connectivity index (χ2n) is 8.63. The number of anilines is 1. The lowest BCUT2D eigenvalue weighted by Gasteiger charge is -2.33. The number of halogens is 2. The molecule has 1 aliphatic rings. The van der Waals surface area contributed by atoms with Crippen LogP contribution in [0.25, 0.3) is 0 Å². The largest absolute Gasteiger partial charge is 0.372 e. The topological polar surface area (TPSA) is 6.48 Å². The van der Waals surface area contributed by atoms with Gasteiger partial charge in [0.2, 0.25) is 0 Å². The lowest BCUT2D eigenvalue weighted by atomic mass is 9.90. The summed E-state index contributed by atoms with van der Waals surface area (Å²) in [5, 5.41) is 1.32. The van der Waals surface area contributed by atoms with E-state index in [9.17, 15) is 0 Å². The number of aryl methyl sites for hydroxylation is 1. The van der Waals surface area contributed by atoms with Crippen molar-refractivity contribution < 1.29 is 0 Å². The van der Waals surface area contributed by atoms with Gasteiger partial charge in [-0.1, -0.05) is 47.5 Å². The van der Waals surface area contributed by atoms with Crippen LogP contribution in [0.15, 0.2) is 42.5 Å². The Kier molecular flexibility index (Phi) is 8.29. The van der Waals surface area contributed by atoms with Gasteiger partial charge in [0.25, 0.3) is 0 Å². The van der Waals surface area contributed by atoms with Gasteiger partial charge in [-0.2, -0.15) is 0 Å². The molecule has 1 unspecified atom stereocenters. The summed E-state index contributed by atoms with van der Waals surface area (Å²) in [7, 11) is 2.22. The molecule has 0 N–H and O–H groups in total. The van der Waals surface area contributed by atoms with Gasteiger partial charge in [-0.15, -0.1) is 0 Å². The average molecular weight is 433 g/mol. The summed E-state index contributed by atoms with van der Waals surface area (Å²) in [6.45, 7) is 8.18. The fraction of sp³-hybridized carbons (Fsp3) is 0.520. The van der Waals surface area contributed by atoms with Gasteiger partial charge in [0.05, 0.1) is 10.0 Å². The molecule has 0 radical (unpaired) electrons. The van der Waals surface area contributed by atoms with E-state index in [1.54, 1.807) is 0 Å². The Bertz CT molecular complexity index is 784. The third-order valence-electron chi connectivity index (χ3n) is 6.47. The fourth-order valence-corrected chi connectivity index (χ4v) is 4.74. The molecule has 0 aliphatic carbocycles. The SMILES string of the molecule is Cc1ccccc1N(C)C(C)CCCN1CCC(Cc2ccc(Cl)c(Cl)c2)CC1. The maximum atomic E-state index is 6.16. The minimum absolute atomic E-state index is 0.559. The molecule has 1 saturated heterocycles. The molecule has 4 heteroatoms. The Morgan fingerprint density at radius 3 is 2.48 bits per heavy atom. The van der Waals surface area contributed by atoms with E-state index in [4.69, 9.17) is 23.2 Å². The van der Waals surface area contributed by atoms with Gasteiger partial charge in [-0.25, -0.2) is 0 Å². The molecule has 0 aromatic heterocycles. The normalized spacial score (nSPS) is 16.7. The predicted molar refractivity (Wildman–Crippen MR) is 128 cm³/mol. The second-order valence-corrected chi connectivity index (χ2v) is 9.44. The molecule has 1 heterocycles. The van der Waals surface area contributed by atoms with Gasteiger partial charge in [-0.05, 0) is 101 Å². The number of likely N-dealkylation sites (tertiary alicyclic amines) is 1. The summed E-state index contributed by atoms with van der Waals surface area (Å²) in [5.41, 5.74) is 4.01. The van der Waals surface area contributed by atoms with E-state index in [0.29, 0.717) is 16.1 Å². The van der Waals surface area contributed by atoms with Crippen molar-refractivity contribution in [2.75, 3.05) is 31.6 Å². The van der Waals surface area contributed by atoms with Crippen LogP contribution in [0.3, 0.4) is 0 Å². The summed E-state index contributed by atoms with van der Waals surface area (Å²) < 4.78 is 0. The van der Waals surface area contributed by atoms with Crippen LogP contribution < -0.4 is 4.90 Å². The zero-order chi connectivity index (χ0) is 20.8. The Hall–Kier alpha value is -1.22. The van der Waals surface area contributed by atoms with E-state index in [-0.39, 0.29) is 0 Å². The molecule has 0 bridgehead atoms. The molecule has 0 spiro atoms. The molecule has 0 saturated carbocycles. The monoisotopic (exact) mass is 432 g/mol. The molecule has 3 rings (SSSR count). The summed E-state index contributed by atoms with van der Waals surface area (Å²) in [6, 6.07) is 15.3. The van der Waals surface area contributed by atoms with Gasteiger partial charge in [0, 0.05) is 18.8 Å². The van der Waals surface area contributed by atoms with E-state index in [2.05, 4.69) is 61.0 Å². The molecule has 158 valence electrons. The Morgan fingerprint density at radius 1 is 1.07 bits per heavy atom. The van der Waals surface area contributed by atoms with Crippen molar-refractivity contribution in [3.63, 3.8) is 0 Å². The van der Waals surface area contributed by atoms with Crippen LogP contribution in [0.2, 0.25) is 10.0 Å². The Labute approximate surface area is 186 Å². The Morgan fingerprint density at radius 2 is 1.79 bits per heavy atom. The van der Waals surface area contributed by atoms with Crippen molar-refractivity contribution in [2.45, 2.75) is 52.0 Å². The molecule has 2 nitrogen and oxygen atoms in total. The lowest BCUT2D eigenvalue weighted by molar-refractivity contribution is 0.180. The van der Waals surface area contributed by atoms with E-state index >= 15 is 0 Å². The van der Waals surface area contributed by atoms with Gasteiger partial charge < -0.3 is 9.80 Å². The predicted octanol–water partition coefficient (Wildman–Crippen LogP) is 6.86. The van der Waals surface area contributed by atoms with Crippen LogP contribution in [-0.4, -0.2) is 37.6 Å². The first kappa shape index (κ1) is 22.5. The van der Waals surface area contributed by atoms with Crippen LogP contribution >= 0.6 is 23.2 Å². The molecule has 2 aromatic rings. The van der Waals surface area contributed by atoms with E-state index in [1.165, 1.54) is 62.1 Å². The number of benzene rings is 2. The maximum absolute atomic E-state index is 6.16. The van der Waals surface area contributed by atoms with Crippen molar-refractivity contribution in [1.82, 2.24) is 4.90 Å². The van der Waals surface area contributed by atoms with Crippen molar-refractivity contribution in [1.29, 1.82) is 0 Å². The van der Waals surface area contributed by atoms with Gasteiger partial charge >= 0.3 is 0 Å². The molecular weight excluding hydrogens is 399 g/mol. The zero-order valence-electron chi connectivity index (χ0n) is 18.0. The molecule has 1 aliphatic heterocycles. The van der Waals surface area contributed by atoms with Gasteiger partial charge in [-0.3, -0.25) is 0 Å². The standard InChI is InChI=1S/C25H34Cl2N2/c1-19-7-4-5-9-25(19)28(3)20(2)8-6-14-29-15-12-21(13-16-29)17-22-10-11-23(26)24(27)18-22/h4-5,7,9-11,18,20-21H,6,8,12-17H2,1-3H3. The van der Waals surface area contributed by atoms with E-state index in [1.807, 2.05) is 12.1 Å². The molecular formula is C25H34Cl2N2. The number of nitrogens with zero attached hydrogens (tertiary/aromatic N) is 2. The van der Waals surface area contributed by atoms with Crippen molar-refractivity contribution in [2.24, 2.45) is 5.92 Å². The summed E-state index contributed by atoms with van der Waals surface area (Å²) in [5.74, 6) is 0.759. The van der Waals surface area contributed by atoms with Crippen molar-refractivity contribution in [3.05, 3.63) is 63.6 Å². The number of hydrogen-bond donors (Lipinski definition) is 0. The van der Waals surface area contributed by atoms with Crippen LogP contribution in [-0.2, 0) is 6.42 Å². The van der Waals surface area contributed by atoms with Crippen molar-refractivity contribution in [3.8, 4) is 0 Å². The van der Waals surface area contributed by atoms with Crippen LogP contribution in [0.4, 0.5) is 5.69 Å². The van der Waals surface area contributed by atoms with Gasteiger partial charge in [0.15, 0.2) is 0 Å². The quantitative estimate of drug-likeness (QED) is 0.449. The van der Waals surface area contributed by atoms with Crippen LogP contribution in [0, 0.1) is 12.8 Å². The highest BCUT2D eigenvalue weighted by molar-refractivity contribution is 6.42. The third kappa shape index (κ3) is 6.38. The second kappa shape index (κ2) is 10.7. The first-order valence-electron chi connectivity index (χ1n) is 10.9. The lowest BCUT2D eigenvalue weighted by Crippen LogP contribution is -2.36. The highest BCUT2D eigenvalue weighted by atomic mass is 35.5. The zero-order valence-corrected chi connectivity index (χ0v) is 19.5. The van der Waals surface area contributed by atoms with Gasteiger partial charge in [0.1, 0.15) is 0 Å². The average Bonchev–Trinajstić information content (AvgIpc) is 2.72. The molecule has 29 heavy (non-hydrogen) atoms. The number of rotatable bonds is 8. The maximum Gasteiger partial charge on any atom is 0.0595 e. The van der Waals surface area contributed by atoms with Crippen LogP contribution in [0.5, 0.6) is 0 Å². The third-order valence-corrected chi connectivity index (χ3v) is 7.21. The first-order chi connectivity index (χ1) is 13.9. The smallest absolute Gasteiger partial charge is 0.0595 e. The molecule has 1 atom stereocenters. The number of para-hydroxylation sites is 1. The summed E-state index contributed by atoms with van der Waals surface area (Å²) in [6.07, 6.45) is 6.16. The number of piperidine rings is 1. The van der Waals surface area contributed by atoms with E-state index < -0.39 is 0 Å². The summed E-state index contributed by atoms with van der Waals surface area (Å²) >= 11 is 12.2. The molecule has 1 fully saturated rings. The van der Waals surface area contributed by atoms with Crippen molar-refractivity contribution >= 4 is 28.9 Å². The molecule has 2 aromatic carbocycles. The van der Waals surface area contributed by atoms with E-state index in [0.717, 1.165) is 12.3 Å². The minimum atomic E-state index is 0.559. The molecule has 0 amide bonds. The first-order valence-corrected chi connectivity index (χ1v) is 11.6.